The van der Waals surface area contributed by atoms with Gasteiger partial charge in [0.25, 0.3) is 5.88 Å². The van der Waals surface area contributed by atoms with E-state index in [1.165, 1.54) is 18.6 Å². The van der Waals surface area contributed by atoms with E-state index in [1.807, 2.05) is 0 Å². The summed E-state index contributed by atoms with van der Waals surface area (Å²) in [7, 11) is 0. The van der Waals surface area contributed by atoms with E-state index in [1.54, 1.807) is 13.8 Å². The lowest BCUT2D eigenvalue weighted by atomic mass is 10.3. The Kier molecular flexibility index (Phi) is 3.54. The van der Waals surface area contributed by atoms with Crippen LogP contribution >= 0.6 is 0 Å². The lowest BCUT2D eigenvalue weighted by Gasteiger charge is -1.97. The summed E-state index contributed by atoms with van der Waals surface area (Å²) in [4.78, 5) is 12.5. The molecule has 0 bridgehead atoms. The van der Waals surface area contributed by atoms with Gasteiger partial charge in [0.1, 0.15) is 11.4 Å². The number of oxime groups is 2. The maximum absolute atomic E-state index is 8.43. The zero-order chi connectivity index (χ0) is 10.4. The van der Waals surface area contributed by atoms with Gasteiger partial charge in [-0.25, -0.2) is 4.98 Å². The summed E-state index contributed by atoms with van der Waals surface area (Å²) in [5, 5.41) is 15.1. The molecule has 0 saturated carbocycles. The van der Waals surface area contributed by atoms with Crippen molar-refractivity contribution in [2.24, 2.45) is 10.3 Å². The maximum Gasteiger partial charge on any atom is 0.267 e. The standard InChI is InChI=1S/C8H10N4O2/c1-6(11-13)7(2)12-14-8-5-9-3-4-10-8/h3-5,13H,1-2H3/b11-6+,12-7+. The predicted octanol–water partition coefficient (Wildman–Crippen LogP) is 1.08. The van der Waals surface area contributed by atoms with Crippen molar-refractivity contribution in [2.75, 3.05) is 0 Å². The van der Waals surface area contributed by atoms with Gasteiger partial charge in [0.2, 0.25) is 0 Å². The van der Waals surface area contributed by atoms with E-state index in [0.717, 1.165) is 0 Å². The normalized spacial score (nSPS) is 12.7. The highest BCUT2D eigenvalue weighted by molar-refractivity contribution is 6.40. The Labute approximate surface area is 80.9 Å². The van der Waals surface area contributed by atoms with Crippen molar-refractivity contribution in [3.8, 4) is 5.88 Å². The molecule has 0 unspecified atom stereocenters. The molecule has 6 nitrogen and oxygen atoms in total. The second-order valence-electron chi connectivity index (χ2n) is 2.50. The van der Waals surface area contributed by atoms with Gasteiger partial charge in [-0.05, 0) is 13.8 Å². The molecule has 0 aliphatic heterocycles. The van der Waals surface area contributed by atoms with Gasteiger partial charge in [-0.15, -0.1) is 0 Å². The van der Waals surface area contributed by atoms with Gasteiger partial charge in [0.15, 0.2) is 0 Å². The van der Waals surface area contributed by atoms with Crippen LogP contribution < -0.4 is 4.84 Å². The fraction of sp³-hybridized carbons (Fsp3) is 0.250. The van der Waals surface area contributed by atoms with Crippen molar-refractivity contribution in [1.82, 2.24) is 9.97 Å². The first-order valence-electron chi connectivity index (χ1n) is 3.90. The monoisotopic (exact) mass is 194 g/mol. The molecule has 1 aromatic rings. The summed E-state index contributed by atoms with van der Waals surface area (Å²) >= 11 is 0. The van der Waals surface area contributed by atoms with Gasteiger partial charge >= 0.3 is 0 Å². The smallest absolute Gasteiger partial charge is 0.267 e. The molecule has 14 heavy (non-hydrogen) atoms. The molecule has 0 aliphatic carbocycles. The Morgan fingerprint density at radius 2 is 2.14 bits per heavy atom. The number of hydrogen-bond acceptors (Lipinski definition) is 6. The number of nitrogens with zero attached hydrogens (tertiary/aromatic N) is 4. The fourth-order valence-electron chi connectivity index (χ4n) is 0.586. The zero-order valence-electron chi connectivity index (χ0n) is 7.88. The van der Waals surface area contributed by atoms with Gasteiger partial charge in [-0.3, -0.25) is 4.98 Å². The van der Waals surface area contributed by atoms with Gasteiger partial charge < -0.3 is 10.0 Å². The molecular formula is C8H10N4O2. The van der Waals surface area contributed by atoms with Crippen LogP contribution in [0.2, 0.25) is 0 Å². The van der Waals surface area contributed by atoms with E-state index in [4.69, 9.17) is 10.0 Å². The van der Waals surface area contributed by atoms with Gasteiger partial charge in [0, 0.05) is 12.4 Å². The lowest BCUT2D eigenvalue weighted by Crippen LogP contribution is -2.07. The number of rotatable bonds is 3. The Bertz CT molecular complexity index is 348. The lowest BCUT2D eigenvalue weighted by molar-refractivity contribution is 0.316. The van der Waals surface area contributed by atoms with Crippen LogP contribution in [0, 0.1) is 0 Å². The maximum atomic E-state index is 8.43. The van der Waals surface area contributed by atoms with E-state index >= 15 is 0 Å². The molecule has 0 aliphatic rings. The van der Waals surface area contributed by atoms with Crippen LogP contribution in [0.1, 0.15) is 13.8 Å². The molecule has 0 atom stereocenters. The van der Waals surface area contributed by atoms with Crippen molar-refractivity contribution < 1.29 is 10.0 Å². The van der Waals surface area contributed by atoms with E-state index < -0.39 is 0 Å². The van der Waals surface area contributed by atoms with Crippen molar-refractivity contribution in [1.29, 1.82) is 0 Å². The zero-order valence-corrected chi connectivity index (χ0v) is 7.88. The van der Waals surface area contributed by atoms with Gasteiger partial charge in [0.05, 0.1) is 6.20 Å². The molecule has 6 heteroatoms. The summed E-state index contributed by atoms with van der Waals surface area (Å²) in [5.41, 5.74) is 0.854. The third-order valence-corrected chi connectivity index (χ3v) is 1.49. The minimum Gasteiger partial charge on any atom is -0.411 e. The average molecular weight is 194 g/mol. The second-order valence-corrected chi connectivity index (χ2v) is 2.50. The molecule has 0 saturated heterocycles. The highest BCUT2D eigenvalue weighted by atomic mass is 16.6. The Balaban J connectivity index is 2.64. The highest BCUT2D eigenvalue weighted by Crippen LogP contribution is 2.01. The minimum atomic E-state index is 0.289. The van der Waals surface area contributed by atoms with Crippen LogP contribution in [-0.2, 0) is 0 Å². The molecule has 74 valence electrons. The number of aromatic nitrogens is 2. The van der Waals surface area contributed by atoms with Crippen LogP contribution in [0.15, 0.2) is 28.9 Å². The molecule has 1 heterocycles. The SMILES string of the molecule is CC(=N\O)/C(C)=N/Oc1cnccn1. The van der Waals surface area contributed by atoms with E-state index in [9.17, 15) is 0 Å². The molecule has 1 N–H and O–H groups in total. The first kappa shape index (κ1) is 10.1. The number of hydrogen-bond donors (Lipinski definition) is 1. The molecule has 1 aromatic heterocycles. The summed E-state index contributed by atoms with van der Waals surface area (Å²) < 4.78 is 0. The summed E-state index contributed by atoms with van der Waals surface area (Å²) in [5.74, 6) is 0.289. The largest absolute Gasteiger partial charge is 0.411 e. The minimum absolute atomic E-state index is 0.289. The molecule has 0 fully saturated rings. The second kappa shape index (κ2) is 4.90. The predicted molar refractivity (Wildman–Crippen MR) is 50.7 cm³/mol. The topological polar surface area (TPSA) is 80.0 Å². The summed E-state index contributed by atoms with van der Waals surface area (Å²) in [6.45, 7) is 3.27. The van der Waals surface area contributed by atoms with Crippen LogP contribution in [-0.4, -0.2) is 26.6 Å². The average Bonchev–Trinajstić information content (AvgIpc) is 2.26. The van der Waals surface area contributed by atoms with E-state index in [0.29, 0.717) is 11.4 Å². The van der Waals surface area contributed by atoms with Crippen LogP contribution in [0.25, 0.3) is 0 Å². The summed E-state index contributed by atoms with van der Waals surface area (Å²) in [6, 6.07) is 0. The molecular weight excluding hydrogens is 184 g/mol. The first-order chi connectivity index (χ1) is 6.74. The van der Waals surface area contributed by atoms with E-state index in [-0.39, 0.29) is 5.88 Å². The molecule has 0 radical (unpaired) electrons. The quantitative estimate of drug-likeness (QED) is 0.443. The van der Waals surface area contributed by atoms with Crippen molar-refractivity contribution in [3.05, 3.63) is 18.6 Å². The Hall–Kier alpha value is -1.98. The Morgan fingerprint density at radius 3 is 2.71 bits per heavy atom. The highest BCUT2D eigenvalue weighted by Gasteiger charge is 1.98. The molecule has 0 amide bonds. The Morgan fingerprint density at radius 1 is 1.36 bits per heavy atom. The first-order valence-corrected chi connectivity index (χ1v) is 3.90. The van der Waals surface area contributed by atoms with Crippen molar-refractivity contribution in [2.45, 2.75) is 13.8 Å². The van der Waals surface area contributed by atoms with Crippen LogP contribution in [0.4, 0.5) is 0 Å². The van der Waals surface area contributed by atoms with Gasteiger partial charge in [-0.2, -0.15) is 0 Å². The van der Waals surface area contributed by atoms with Crippen molar-refractivity contribution >= 4 is 11.4 Å². The molecule has 1 rings (SSSR count). The fourth-order valence-corrected chi connectivity index (χ4v) is 0.586. The van der Waals surface area contributed by atoms with Crippen molar-refractivity contribution in [3.63, 3.8) is 0 Å². The van der Waals surface area contributed by atoms with Crippen LogP contribution in [0.5, 0.6) is 5.88 Å². The summed E-state index contributed by atoms with van der Waals surface area (Å²) in [6.07, 6.45) is 4.46. The third-order valence-electron chi connectivity index (χ3n) is 1.49. The van der Waals surface area contributed by atoms with E-state index in [2.05, 4.69) is 20.3 Å². The third kappa shape index (κ3) is 2.81. The van der Waals surface area contributed by atoms with Gasteiger partial charge in [-0.1, -0.05) is 10.3 Å². The molecule has 0 aromatic carbocycles. The van der Waals surface area contributed by atoms with Crippen LogP contribution in [0.3, 0.4) is 0 Å². The molecule has 0 spiro atoms.